The third-order valence-corrected chi connectivity index (χ3v) is 10.2. The summed E-state index contributed by atoms with van der Waals surface area (Å²) in [7, 11) is -4.05. The normalized spacial score (nSPS) is 15.4. The van der Waals surface area contributed by atoms with Gasteiger partial charge in [0.05, 0.1) is 17.5 Å². The van der Waals surface area contributed by atoms with Gasteiger partial charge in [0.25, 0.3) is 0 Å². The molecule has 3 aromatic carbocycles. The van der Waals surface area contributed by atoms with Crippen molar-refractivity contribution >= 4 is 50.5 Å². The summed E-state index contributed by atoms with van der Waals surface area (Å²) >= 11 is 14.4. The van der Waals surface area contributed by atoms with Crippen LogP contribution in [-0.2, 0) is 27.8 Å². The van der Waals surface area contributed by atoms with E-state index >= 15 is 0 Å². The van der Waals surface area contributed by atoms with Crippen LogP contribution in [0, 0.1) is 12.7 Å². The highest BCUT2D eigenvalue weighted by Gasteiger charge is 2.36. The first-order valence-corrected chi connectivity index (χ1v) is 15.3. The van der Waals surface area contributed by atoms with Crippen LogP contribution >= 0.6 is 34.5 Å². The van der Waals surface area contributed by atoms with E-state index in [-0.39, 0.29) is 17.3 Å². The van der Waals surface area contributed by atoms with E-state index in [4.69, 9.17) is 23.2 Å². The van der Waals surface area contributed by atoms with Crippen molar-refractivity contribution in [1.82, 2.24) is 9.21 Å². The lowest BCUT2D eigenvalue weighted by molar-refractivity contribution is -0.133. The minimum absolute atomic E-state index is 0.0825. The maximum atomic E-state index is 14.0. The molecular weight excluding hydrogens is 578 g/mol. The molecule has 0 radical (unpaired) electrons. The zero-order chi connectivity index (χ0) is 27.7. The highest BCUT2D eigenvalue weighted by atomic mass is 35.5. The third-order valence-electron chi connectivity index (χ3n) is 6.79. The molecule has 2 heterocycles. The Morgan fingerprint density at radius 2 is 1.74 bits per heavy atom. The Labute approximate surface area is 241 Å². The Kier molecular flexibility index (Phi) is 8.12. The molecular formula is C29H25Cl2FN2O3S2. The predicted molar refractivity (Wildman–Crippen MR) is 153 cm³/mol. The minimum atomic E-state index is -4.05. The van der Waals surface area contributed by atoms with Crippen LogP contribution in [0.1, 0.15) is 33.2 Å². The molecule has 1 aliphatic heterocycles. The van der Waals surface area contributed by atoms with Crippen LogP contribution in [0.3, 0.4) is 0 Å². The predicted octanol–water partition coefficient (Wildman–Crippen LogP) is 6.87. The number of benzene rings is 3. The third kappa shape index (κ3) is 5.90. The molecule has 1 aliphatic rings. The number of halogens is 3. The smallest absolute Gasteiger partial charge is 0.243 e. The molecule has 10 heteroatoms. The van der Waals surface area contributed by atoms with Crippen LogP contribution in [0.4, 0.5) is 4.39 Å². The lowest BCUT2D eigenvalue weighted by Gasteiger charge is -2.38. The lowest BCUT2D eigenvalue weighted by atomic mass is 9.93. The fourth-order valence-corrected chi connectivity index (χ4v) is 7.56. The number of hydrogen-bond acceptors (Lipinski definition) is 4. The van der Waals surface area contributed by atoms with Crippen LogP contribution < -0.4 is 0 Å². The van der Waals surface area contributed by atoms with Crippen molar-refractivity contribution in [3.63, 3.8) is 0 Å². The molecule has 0 bridgehead atoms. The van der Waals surface area contributed by atoms with Crippen LogP contribution in [-0.4, -0.2) is 36.6 Å². The van der Waals surface area contributed by atoms with Crippen molar-refractivity contribution < 1.29 is 17.6 Å². The molecule has 39 heavy (non-hydrogen) atoms. The van der Waals surface area contributed by atoms with Gasteiger partial charge >= 0.3 is 0 Å². The molecule has 0 spiro atoms. The number of amides is 1. The van der Waals surface area contributed by atoms with Gasteiger partial charge in [-0.1, -0.05) is 59.1 Å². The number of sulfonamides is 1. The molecule has 5 nitrogen and oxygen atoms in total. The quantitative estimate of drug-likeness (QED) is 0.232. The average Bonchev–Trinajstić information content (AvgIpc) is 3.38. The minimum Gasteiger partial charge on any atom is -0.330 e. The molecule has 0 aliphatic carbocycles. The molecule has 1 aromatic heterocycles. The first kappa shape index (κ1) is 27.8. The van der Waals surface area contributed by atoms with Crippen LogP contribution in [0.2, 0.25) is 10.0 Å². The molecule has 0 N–H and O–H groups in total. The summed E-state index contributed by atoms with van der Waals surface area (Å²) in [5, 5.41) is 2.90. The zero-order valence-electron chi connectivity index (χ0n) is 21.0. The number of carbonyl (C=O) groups excluding carboxylic acids is 1. The van der Waals surface area contributed by atoms with Gasteiger partial charge in [-0.3, -0.25) is 4.79 Å². The Balaban J connectivity index is 1.51. The Bertz CT molecular complexity index is 1610. The second-order valence-corrected chi connectivity index (χ2v) is 13.2. The SMILES string of the molecule is Cc1ccc(S(=O)(=O)N(CC(=O)N2CCc3sccc3[C@H]2c2ccc(Cl)cc2Cl)Cc2ccc(F)cc2)cc1. The summed E-state index contributed by atoms with van der Waals surface area (Å²) in [5.41, 5.74) is 3.17. The van der Waals surface area contributed by atoms with Crippen LogP contribution in [0.25, 0.3) is 0 Å². The Morgan fingerprint density at radius 3 is 2.44 bits per heavy atom. The standard InChI is InChI=1S/C29H25Cl2FN2O3S2/c1-19-2-9-23(10-3-19)39(36,37)33(17-20-4-7-22(32)8-5-20)18-28(35)34-14-12-27-25(13-15-38-27)29(34)24-11-6-21(30)16-26(24)31/h2-11,13,15-16,29H,12,14,17-18H2,1H3/t29-/m1/s1. The second-order valence-electron chi connectivity index (χ2n) is 9.42. The highest BCUT2D eigenvalue weighted by molar-refractivity contribution is 7.89. The van der Waals surface area contributed by atoms with E-state index in [1.54, 1.807) is 40.5 Å². The Morgan fingerprint density at radius 1 is 1.03 bits per heavy atom. The maximum Gasteiger partial charge on any atom is 0.243 e. The fourth-order valence-electron chi connectivity index (χ4n) is 4.76. The summed E-state index contributed by atoms with van der Waals surface area (Å²) in [6.45, 7) is 1.79. The second kappa shape index (κ2) is 11.4. The monoisotopic (exact) mass is 602 g/mol. The maximum absolute atomic E-state index is 14.0. The summed E-state index contributed by atoms with van der Waals surface area (Å²) in [6, 6.07) is 18.8. The van der Waals surface area contributed by atoms with Gasteiger partial charge in [-0.2, -0.15) is 4.31 Å². The Hall–Kier alpha value is -2.75. The van der Waals surface area contributed by atoms with Crippen molar-refractivity contribution in [2.75, 3.05) is 13.1 Å². The molecule has 1 amide bonds. The lowest BCUT2D eigenvalue weighted by Crippen LogP contribution is -2.46. The van der Waals surface area contributed by atoms with E-state index in [1.807, 2.05) is 24.4 Å². The number of aryl methyl sites for hydroxylation is 1. The van der Waals surface area contributed by atoms with Crippen LogP contribution in [0.15, 0.2) is 83.1 Å². The first-order chi connectivity index (χ1) is 18.6. The van der Waals surface area contributed by atoms with Gasteiger partial charge in [0, 0.05) is 28.0 Å². The fraction of sp³-hybridized carbons (Fsp3) is 0.207. The van der Waals surface area contributed by atoms with E-state index in [9.17, 15) is 17.6 Å². The van der Waals surface area contributed by atoms with Crippen molar-refractivity contribution in [3.8, 4) is 0 Å². The number of carbonyl (C=O) groups is 1. The number of hydrogen-bond donors (Lipinski definition) is 0. The molecule has 0 saturated heterocycles. The van der Waals surface area contributed by atoms with Gasteiger partial charge in [0.15, 0.2) is 0 Å². The van der Waals surface area contributed by atoms with Crippen molar-refractivity contribution in [2.45, 2.75) is 30.8 Å². The van der Waals surface area contributed by atoms with E-state index in [0.717, 1.165) is 25.9 Å². The van der Waals surface area contributed by atoms with Gasteiger partial charge in [-0.25, -0.2) is 12.8 Å². The largest absolute Gasteiger partial charge is 0.330 e. The highest BCUT2D eigenvalue weighted by Crippen LogP contribution is 2.41. The van der Waals surface area contributed by atoms with E-state index in [2.05, 4.69) is 0 Å². The van der Waals surface area contributed by atoms with E-state index in [1.165, 1.54) is 36.4 Å². The molecule has 4 aromatic rings. The molecule has 0 fully saturated rings. The van der Waals surface area contributed by atoms with Gasteiger partial charge in [-0.05, 0) is 77.9 Å². The van der Waals surface area contributed by atoms with Gasteiger partial charge in [0.2, 0.25) is 15.9 Å². The van der Waals surface area contributed by atoms with Gasteiger partial charge in [-0.15, -0.1) is 11.3 Å². The van der Waals surface area contributed by atoms with Crippen LogP contribution in [0.5, 0.6) is 0 Å². The van der Waals surface area contributed by atoms with Crippen molar-refractivity contribution in [3.05, 3.63) is 121 Å². The number of rotatable bonds is 7. The molecule has 5 rings (SSSR count). The summed E-state index contributed by atoms with van der Waals surface area (Å²) < 4.78 is 42.3. The van der Waals surface area contributed by atoms with E-state index < -0.39 is 28.4 Å². The molecule has 0 unspecified atom stereocenters. The average molecular weight is 604 g/mol. The topological polar surface area (TPSA) is 57.7 Å². The summed E-state index contributed by atoms with van der Waals surface area (Å²) in [6.07, 6.45) is 0.656. The summed E-state index contributed by atoms with van der Waals surface area (Å²) in [4.78, 5) is 16.9. The first-order valence-electron chi connectivity index (χ1n) is 12.3. The number of thiophene rings is 1. The van der Waals surface area contributed by atoms with E-state index in [0.29, 0.717) is 28.6 Å². The van der Waals surface area contributed by atoms with Gasteiger partial charge in [0.1, 0.15) is 5.82 Å². The number of fused-ring (bicyclic) bond motifs is 1. The summed E-state index contributed by atoms with van der Waals surface area (Å²) in [5.74, 6) is -0.786. The molecule has 0 saturated carbocycles. The van der Waals surface area contributed by atoms with Crippen molar-refractivity contribution in [2.24, 2.45) is 0 Å². The molecule has 202 valence electrons. The van der Waals surface area contributed by atoms with Crippen molar-refractivity contribution in [1.29, 1.82) is 0 Å². The number of nitrogens with zero attached hydrogens (tertiary/aromatic N) is 2. The van der Waals surface area contributed by atoms with Gasteiger partial charge < -0.3 is 4.90 Å². The zero-order valence-corrected chi connectivity index (χ0v) is 24.1. The molecule has 1 atom stereocenters.